The summed E-state index contributed by atoms with van der Waals surface area (Å²) < 4.78 is 36.2. The fourth-order valence-corrected chi connectivity index (χ4v) is 5.75. The van der Waals surface area contributed by atoms with Crippen molar-refractivity contribution in [1.82, 2.24) is 15.0 Å². The van der Waals surface area contributed by atoms with Crippen LogP contribution in [-0.4, -0.2) is 65.7 Å². The number of nitrogens with zero attached hydrogens (tertiary/aromatic N) is 4. The molecule has 0 N–H and O–H groups in total. The molecule has 0 aliphatic carbocycles. The van der Waals surface area contributed by atoms with E-state index in [-0.39, 0.29) is 18.9 Å². The number of amides is 1. The maximum Gasteiger partial charge on any atom is 0.421 e. The van der Waals surface area contributed by atoms with Crippen molar-refractivity contribution >= 4 is 56.2 Å². The van der Waals surface area contributed by atoms with Crippen molar-refractivity contribution in [2.45, 2.75) is 31.1 Å². The Kier molecular flexibility index (Phi) is 6.39. The largest absolute Gasteiger partial charge is 0.449 e. The van der Waals surface area contributed by atoms with E-state index in [0.717, 1.165) is 10.2 Å². The average molecular weight is 555 g/mol. The second kappa shape index (κ2) is 9.89. The molecule has 202 valence electrons. The molecule has 4 heterocycles. The lowest BCUT2D eigenvalue weighted by atomic mass is 9.89. The van der Waals surface area contributed by atoms with Gasteiger partial charge in [-0.25, -0.2) is 28.7 Å². The van der Waals surface area contributed by atoms with Crippen LogP contribution in [0.3, 0.4) is 0 Å². The molecule has 1 spiro atoms. The molecule has 0 radical (unpaired) electrons. The van der Waals surface area contributed by atoms with Crippen molar-refractivity contribution in [3.05, 3.63) is 53.4 Å². The quantitative estimate of drug-likeness (QED) is 0.195. The summed E-state index contributed by atoms with van der Waals surface area (Å²) >= 11 is 1.49. The number of anilines is 1. The summed E-state index contributed by atoms with van der Waals surface area (Å²) in [4.78, 5) is 44.1. The number of ether oxygens (including phenoxy) is 3. The highest BCUT2D eigenvalue weighted by molar-refractivity contribution is 7.16. The molecule has 1 unspecified atom stereocenters. The molecule has 1 amide bonds. The van der Waals surface area contributed by atoms with Gasteiger partial charge in [-0.2, -0.15) is 0 Å². The molecule has 0 saturated carbocycles. The number of halogens is 1. The van der Waals surface area contributed by atoms with Crippen molar-refractivity contribution in [3.8, 4) is 0 Å². The molecule has 2 saturated heterocycles. The van der Waals surface area contributed by atoms with Crippen molar-refractivity contribution in [1.29, 1.82) is 0 Å². The lowest BCUT2D eigenvalue weighted by Gasteiger charge is -2.43. The lowest BCUT2D eigenvalue weighted by molar-refractivity contribution is -0.267. The van der Waals surface area contributed by atoms with Gasteiger partial charge < -0.3 is 18.7 Å². The smallest absolute Gasteiger partial charge is 0.421 e. The topological polar surface area (TPSA) is 124 Å². The molecular formula is C26H23FN4O7S. The molecule has 2 aliphatic rings. The summed E-state index contributed by atoms with van der Waals surface area (Å²) in [5.41, 5.74) is 4.18. The number of likely N-dealkylation sites (tertiary alicyclic amines) is 1. The zero-order valence-electron chi connectivity index (χ0n) is 20.8. The van der Waals surface area contributed by atoms with Crippen molar-refractivity contribution < 1.29 is 37.5 Å². The third kappa shape index (κ3) is 4.68. The first-order valence-corrected chi connectivity index (χ1v) is 13.2. The Morgan fingerprint density at radius 1 is 1.23 bits per heavy atom. The number of aromatic nitrogens is 2. The van der Waals surface area contributed by atoms with Crippen LogP contribution in [0.1, 0.15) is 30.9 Å². The monoisotopic (exact) mass is 554 g/mol. The number of carbonyl (C=O) groups excluding carboxylic acids is 3. The minimum atomic E-state index is -1.60. The van der Waals surface area contributed by atoms with Crippen LogP contribution >= 0.6 is 11.3 Å². The van der Waals surface area contributed by atoms with Gasteiger partial charge in [0.05, 0.1) is 34.4 Å². The van der Waals surface area contributed by atoms with Gasteiger partial charge in [-0.1, -0.05) is 5.16 Å². The maximum atomic E-state index is 13.6. The molecule has 2 aliphatic heterocycles. The van der Waals surface area contributed by atoms with Crippen LogP contribution in [0.5, 0.6) is 0 Å². The van der Waals surface area contributed by atoms with E-state index < -0.39 is 29.8 Å². The third-order valence-corrected chi connectivity index (χ3v) is 7.82. The Morgan fingerprint density at radius 2 is 2.05 bits per heavy atom. The molecule has 4 aromatic rings. The predicted molar refractivity (Wildman–Crippen MR) is 136 cm³/mol. The number of rotatable bonds is 6. The third-order valence-electron chi connectivity index (χ3n) is 7.03. The van der Waals surface area contributed by atoms with E-state index >= 15 is 0 Å². The Labute approximate surface area is 225 Å². The number of esters is 2. The van der Waals surface area contributed by atoms with Gasteiger partial charge in [0.25, 0.3) is 0 Å². The summed E-state index contributed by atoms with van der Waals surface area (Å²) in [7, 11) is 1.63. The van der Waals surface area contributed by atoms with Crippen LogP contribution in [0.4, 0.5) is 14.9 Å². The van der Waals surface area contributed by atoms with Crippen LogP contribution in [-0.2, 0) is 23.8 Å². The highest BCUT2D eigenvalue weighted by atomic mass is 32.1. The highest BCUT2D eigenvalue weighted by Crippen LogP contribution is 2.43. The summed E-state index contributed by atoms with van der Waals surface area (Å²) in [5, 5.41) is 4.77. The fourth-order valence-electron chi connectivity index (χ4n) is 5.04. The van der Waals surface area contributed by atoms with Gasteiger partial charge in [0.2, 0.25) is 0 Å². The van der Waals surface area contributed by atoms with Gasteiger partial charge in [0.15, 0.2) is 5.58 Å². The normalized spacial score (nSPS) is 19.0. The molecule has 13 heteroatoms. The second-order valence-electron chi connectivity index (χ2n) is 9.41. The number of thiazole rings is 1. The van der Waals surface area contributed by atoms with Crippen LogP contribution in [0.15, 0.2) is 46.4 Å². The maximum absolute atomic E-state index is 13.6. The van der Waals surface area contributed by atoms with Crippen molar-refractivity contribution in [3.63, 3.8) is 0 Å². The van der Waals surface area contributed by atoms with Gasteiger partial charge in [0, 0.05) is 43.2 Å². The highest BCUT2D eigenvalue weighted by Gasteiger charge is 2.56. The first-order valence-electron chi connectivity index (χ1n) is 12.3. The molecule has 0 bridgehead atoms. The first-order chi connectivity index (χ1) is 18.8. The van der Waals surface area contributed by atoms with E-state index in [1.807, 2.05) is 12.1 Å². The standard InChI is InChI=1S/C26H23FN4O7S/c1-30(17-4-6-19-21(12-17)39-14-28-19)25(34)35-10-2-8-31-9-7-15(13-26(31)36-23(32)24(33)37-26)22-18-5-3-16(27)11-20(18)38-29-22/h3-6,11-12,14-15H,2,7-10,13H2,1H3. The number of hydrogen-bond acceptors (Lipinski definition) is 11. The van der Waals surface area contributed by atoms with Crippen molar-refractivity contribution in [2.75, 3.05) is 31.6 Å². The first kappa shape index (κ1) is 25.2. The molecule has 11 nitrogen and oxygen atoms in total. The second-order valence-corrected chi connectivity index (χ2v) is 10.3. The molecule has 2 aromatic carbocycles. The minimum absolute atomic E-state index is 0.101. The minimum Gasteiger partial charge on any atom is -0.449 e. The Hall–Kier alpha value is -4.10. The molecule has 39 heavy (non-hydrogen) atoms. The molecule has 2 aromatic heterocycles. The Balaban J connectivity index is 1.10. The molecule has 2 fully saturated rings. The summed E-state index contributed by atoms with van der Waals surface area (Å²) in [5.74, 6) is -4.46. The van der Waals surface area contributed by atoms with E-state index in [9.17, 15) is 18.8 Å². The Morgan fingerprint density at radius 3 is 2.87 bits per heavy atom. The Bertz CT molecular complexity index is 1570. The number of hydrogen-bond donors (Lipinski definition) is 0. The summed E-state index contributed by atoms with van der Waals surface area (Å²) in [6.07, 6.45) is 0.617. The zero-order chi connectivity index (χ0) is 27.1. The van der Waals surface area contributed by atoms with Gasteiger partial charge in [-0.05, 0) is 43.2 Å². The van der Waals surface area contributed by atoms with E-state index in [0.29, 0.717) is 48.3 Å². The lowest BCUT2D eigenvalue weighted by Crippen LogP contribution is -2.55. The van der Waals surface area contributed by atoms with E-state index in [1.165, 1.54) is 28.4 Å². The SMILES string of the molecule is CN(C(=O)OCCCN1CCC(c2noc3cc(F)ccc23)CC12OC(=O)C(=O)O2)c1ccc2ncsc2c1. The molecule has 1 atom stereocenters. The van der Waals surface area contributed by atoms with Gasteiger partial charge in [-0.15, -0.1) is 11.3 Å². The van der Waals surface area contributed by atoms with Crippen LogP contribution in [0.25, 0.3) is 21.2 Å². The zero-order valence-corrected chi connectivity index (χ0v) is 21.6. The average Bonchev–Trinajstić information content (AvgIpc) is 3.63. The number of benzene rings is 2. The van der Waals surface area contributed by atoms with E-state index in [2.05, 4.69) is 10.1 Å². The number of fused-ring (bicyclic) bond motifs is 2. The van der Waals surface area contributed by atoms with Gasteiger partial charge in [-0.3, -0.25) is 4.90 Å². The number of piperidine rings is 1. The van der Waals surface area contributed by atoms with Crippen LogP contribution in [0.2, 0.25) is 0 Å². The number of carbonyl (C=O) groups is 3. The van der Waals surface area contributed by atoms with Crippen LogP contribution in [0, 0.1) is 5.82 Å². The van der Waals surface area contributed by atoms with E-state index in [4.69, 9.17) is 18.7 Å². The van der Waals surface area contributed by atoms with Gasteiger partial charge >= 0.3 is 23.9 Å². The predicted octanol–water partition coefficient (Wildman–Crippen LogP) is 4.17. The molecule has 6 rings (SSSR count). The summed E-state index contributed by atoms with van der Waals surface area (Å²) in [6.45, 7) is 0.842. The van der Waals surface area contributed by atoms with Gasteiger partial charge in [0.1, 0.15) is 5.82 Å². The fraction of sp³-hybridized carbons (Fsp3) is 0.346. The van der Waals surface area contributed by atoms with Crippen molar-refractivity contribution in [2.24, 2.45) is 0 Å². The van der Waals surface area contributed by atoms with Crippen LogP contribution < -0.4 is 4.90 Å². The van der Waals surface area contributed by atoms with E-state index in [1.54, 1.807) is 29.6 Å². The molecular weight excluding hydrogens is 531 g/mol. The summed E-state index contributed by atoms with van der Waals surface area (Å²) in [6, 6.07) is 9.68.